The SMILES string of the molecule is COc1ccc(C(Cl)c2cc(Cl)ccc2Cl)cc1F. The summed E-state index contributed by atoms with van der Waals surface area (Å²) in [5, 5.41) is 0.436. The van der Waals surface area contributed by atoms with Crippen molar-refractivity contribution in [2.75, 3.05) is 7.11 Å². The number of alkyl halides is 1. The Morgan fingerprint density at radius 3 is 2.47 bits per heavy atom. The number of rotatable bonds is 3. The standard InChI is InChI=1S/C14H10Cl3FO/c1-19-13-5-2-8(6-12(13)18)14(17)10-7-9(15)3-4-11(10)16/h2-7,14H,1H3. The van der Waals surface area contributed by atoms with E-state index in [4.69, 9.17) is 39.5 Å². The van der Waals surface area contributed by atoms with Gasteiger partial charge in [0.1, 0.15) is 0 Å². The molecule has 0 aromatic heterocycles. The van der Waals surface area contributed by atoms with Gasteiger partial charge in [0.05, 0.1) is 12.5 Å². The summed E-state index contributed by atoms with van der Waals surface area (Å²) in [4.78, 5) is 0. The average molecular weight is 320 g/mol. The molecule has 1 atom stereocenters. The molecule has 0 saturated carbocycles. The molecule has 0 heterocycles. The van der Waals surface area contributed by atoms with Gasteiger partial charge in [-0.25, -0.2) is 4.39 Å². The topological polar surface area (TPSA) is 9.23 Å². The maximum absolute atomic E-state index is 13.7. The average Bonchev–Trinajstić information content (AvgIpc) is 2.40. The molecule has 2 rings (SSSR count). The molecule has 0 aliphatic heterocycles. The van der Waals surface area contributed by atoms with Crippen LogP contribution in [0.15, 0.2) is 36.4 Å². The monoisotopic (exact) mass is 318 g/mol. The fraction of sp³-hybridized carbons (Fsp3) is 0.143. The van der Waals surface area contributed by atoms with Gasteiger partial charge in [0, 0.05) is 10.0 Å². The summed E-state index contributed by atoms with van der Waals surface area (Å²) in [6.45, 7) is 0. The van der Waals surface area contributed by atoms with Crippen LogP contribution in [0.25, 0.3) is 0 Å². The maximum Gasteiger partial charge on any atom is 0.165 e. The Kier molecular flexibility index (Phi) is 4.56. The fourth-order valence-electron chi connectivity index (χ4n) is 1.73. The molecule has 0 fully saturated rings. The Bertz CT molecular complexity index is 601. The van der Waals surface area contributed by atoms with E-state index in [9.17, 15) is 4.39 Å². The molecule has 2 aromatic rings. The van der Waals surface area contributed by atoms with E-state index in [1.165, 1.54) is 19.2 Å². The summed E-state index contributed by atoms with van der Waals surface area (Å²) < 4.78 is 18.5. The third kappa shape index (κ3) is 3.14. The zero-order chi connectivity index (χ0) is 14.0. The Hall–Kier alpha value is -0.960. The quantitative estimate of drug-likeness (QED) is 0.682. The first-order chi connectivity index (χ1) is 9.02. The zero-order valence-corrected chi connectivity index (χ0v) is 12.2. The number of benzene rings is 2. The summed E-state index contributed by atoms with van der Waals surface area (Å²) in [6.07, 6.45) is 0. The third-order valence-electron chi connectivity index (χ3n) is 2.70. The third-order valence-corrected chi connectivity index (χ3v) is 3.77. The molecule has 0 spiro atoms. The van der Waals surface area contributed by atoms with Crippen molar-refractivity contribution in [1.29, 1.82) is 0 Å². The predicted octanol–water partition coefficient (Wildman–Crippen LogP) is 5.47. The van der Waals surface area contributed by atoms with Crippen LogP contribution in [0, 0.1) is 5.82 Å². The lowest BCUT2D eigenvalue weighted by atomic mass is 10.0. The van der Waals surface area contributed by atoms with Crippen LogP contribution in [0.5, 0.6) is 5.75 Å². The van der Waals surface area contributed by atoms with Gasteiger partial charge in [0.2, 0.25) is 0 Å². The Balaban J connectivity index is 2.41. The van der Waals surface area contributed by atoms with E-state index in [0.29, 0.717) is 21.2 Å². The Morgan fingerprint density at radius 1 is 1.11 bits per heavy atom. The molecule has 1 nitrogen and oxygen atoms in total. The molecule has 2 aromatic carbocycles. The Morgan fingerprint density at radius 2 is 1.84 bits per heavy atom. The van der Waals surface area contributed by atoms with Gasteiger partial charge < -0.3 is 4.74 Å². The van der Waals surface area contributed by atoms with Crippen molar-refractivity contribution in [3.63, 3.8) is 0 Å². The van der Waals surface area contributed by atoms with Gasteiger partial charge in [-0.3, -0.25) is 0 Å². The fourth-order valence-corrected chi connectivity index (χ4v) is 2.51. The number of hydrogen-bond donors (Lipinski definition) is 0. The van der Waals surface area contributed by atoms with Crippen LogP contribution in [-0.4, -0.2) is 7.11 Å². The lowest BCUT2D eigenvalue weighted by Gasteiger charge is -2.13. The summed E-state index contributed by atoms with van der Waals surface area (Å²) in [5.41, 5.74) is 1.23. The molecule has 0 radical (unpaired) electrons. The minimum atomic E-state index is -0.577. The minimum absolute atomic E-state index is 0.171. The molecule has 19 heavy (non-hydrogen) atoms. The van der Waals surface area contributed by atoms with Crippen LogP contribution in [0.1, 0.15) is 16.5 Å². The van der Waals surface area contributed by atoms with Crippen LogP contribution in [0.4, 0.5) is 4.39 Å². The Labute approximate surface area is 125 Å². The second-order valence-corrected chi connectivity index (χ2v) is 5.20. The lowest BCUT2D eigenvalue weighted by molar-refractivity contribution is 0.386. The minimum Gasteiger partial charge on any atom is -0.494 e. The van der Waals surface area contributed by atoms with Gasteiger partial charge in [-0.15, -0.1) is 11.6 Å². The summed E-state index contributed by atoms with van der Waals surface area (Å²) in [5.74, 6) is -0.298. The smallest absolute Gasteiger partial charge is 0.165 e. The van der Waals surface area contributed by atoms with Gasteiger partial charge in [0.25, 0.3) is 0 Å². The number of halogens is 4. The van der Waals surface area contributed by atoms with Crippen LogP contribution in [0.2, 0.25) is 10.0 Å². The lowest BCUT2D eigenvalue weighted by Crippen LogP contribution is -1.97. The molecule has 0 aliphatic carbocycles. The van der Waals surface area contributed by atoms with Crippen molar-refractivity contribution in [2.45, 2.75) is 5.38 Å². The normalized spacial score (nSPS) is 12.3. The molecular weight excluding hydrogens is 310 g/mol. The molecule has 5 heteroatoms. The summed E-state index contributed by atoms with van der Waals surface area (Å²) >= 11 is 18.3. The second-order valence-electron chi connectivity index (χ2n) is 3.92. The van der Waals surface area contributed by atoms with Gasteiger partial charge in [-0.05, 0) is 41.5 Å². The van der Waals surface area contributed by atoms with E-state index in [2.05, 4.69) is 0 Å². The molecule has 1 unspecified atom stereocenters. The largest absolute Gasteiger partial charge is 0.494 e. The first-order valence-corrected chi connectivity index (χ1v) is 6.64. The highest BCUT2D eigenvalue weighted by Crippen LogP contribution is 2.36. The van der Waals surface area contributed by atoms with E-state index < -0.39 is 11.2 Å². The molecule has 0 bridgehead atoms. The van der Waals surface area contributed by atoms with E-state index in [1.54, 1.807) is 24.3 Å². The van der Waals surface area contributed by atoms with Crippen LogP contribution in [0.3, 0.4) is 0 Å². The predicted molar refractivity (Wildman–Crippen MR) is 77.1 cm³/mol. The van der Waals surface area contributed by atoms with Gasteiger partial charge in [0.15, 0.2) is 11.6 Å². The van der Waals surface area contributed by atoms with Gasteiger partial charge >= 0.3 is 0 Å². The summed E-state index contributed by atoms with van der Waals surface area (Å²) in [7, 11) is 1.41. The van der Waals surface area contributed by atoms with E-state index in [-0.39, 0.29) is 5.75 Å². The van der Waals surface area contributed by atoms with Gasteiger partial charge in [-0.1, -0.05) is 29.3 Å². The molecule has 0 amide bonds. The van der Waals surface area contributed by atoms with Crippen molar-refractivity contribution in [3.8, 4) is 5.75 Å². The van der Waals surface area contributed by atoms with E-state index >= 15 is 0 Å². The summed E-state index contributed by atoms with van der Waals surface area (Å²) in [6, 6.07) is 9.55. The van der Waals surface area contributed by atoms with Gasteiger partial charge in [-0.2, -0.15) is 0 Å². The number of ether oxygens (including phenoxy) is 1. The first kappa shape index (κ1) is 14.4. The van der Waals surface area contributed by atoms with Crippen LogP contribution in [-0.2, 0) is 0 Å². The first-order valence-electron chi connectivity index (χ1n) is 5.45. The molecule has 0 saturated heterocycles. The highest BCUT2D eigenvalue weighted by Gasteiger charge is 2.16. The molecule has 0 N–H and O–H groups in total. The second kappa shape index (κ2) is 6.00. The molecular formula is C14H10Cl3FO. The van der Waals surface area contributed by atoms with E-state index in [1.807, 2.05) is 0 Å². The number of methoxy groups -OCH3 is 1. The van der Waals surface area contributed by atoms with Crippen molar-refractivity contribution >= 4 is 34.8 Å². The van der Waals surface area contributed by atoms with Crippen molar-refractivity contribution < 1.29 is 9.13 Å². The molecule has 100 valence electrons. The van der Waals surface area contributed by atoms with E-state index in [0.717, 1.165) is 0 Å². The van der Waals surface area contributed by atoms with Crippen LogP contribution >= 0.6 is 34.8 Å². The number of hydrogen-bond acceptors (Lipinski definition) is 1. The van der Waals surface area contributed by atoms with Crippen molar-refractivity contribution in [3.05, 3.63) is 63.4 Å². The maximum atomic E-state index is 13.7. The van der Waals surface area contributed by atoms with Crippen molar-refractivity contribution in [1.82, 2.24) is 0 Å². The van der Waals surface area contributed by atoms with Crippen LogP contribution < -0.4 is 4.74 Å². The van der Waals surface area contributed by atoms with Crippen molar-refractivity contribution in [2.24, 2.45) is 0 Å². The highest BCUT2D eigenvalue weighted by molar-refractivity contribution is 6.35. The highest BCUT2D eigenvalue weighted by atomic mass is 35.5. The zero-order valence-electron chi connectivity index (χ0n) is 9.96. The molecule has 0 aliphatic rings.